The average Bonchev–Trinajstić information content (AvgIpc) is 2.57. The van der Waals surface area contributed by atoms with E-state index in [4.69, 9.17) is 0 Å². The van der Waals surface area contributed by atoms with Crippen LogP contribution in [0.1, 0.15) is 37.7 Å². The van der Waals surface area contributed by atoms with Crippen molar-refractivity contribution in [1.82, 2.24) is 10.6 Å². The Morgan fingerprint density at radius 3 is 2.72 bits per heavy atom. The molecule has 1 aliphatic heterocycles. The number of aryl methyl sites for hydroxylation is 1. The van der Waals surface area contributed by atoms with Crippen LogP contribution in [0.3, 0.4) is 0 Å². The number of non-ortho nitro benzene ring substituents is 1. The molecular formula is C17H22N4O4. The number of anilines is 1. The van der Waals surface area contributed by atoms with Crippen molar-refractivity contribution in [2.24, 2.45) is 0 Å². The number of rotatable bonds is 4. The summed E-state index contributed by atoms with van der Waals surface area (Å²) in [4.78, 5) is 34.8. The van der Waals surface area contributed by atoms with Crippen LogP contribution in [0.2, 0.25) is 0 Å². The second-order valence-electron chi connectivity index (χ2n) is 6.73. The van der Waals surface area contributed by atoms with Gasteiger partial charge in [-0.25, -0.2) is 0 Å². The standard InChI is InChI=1S/C17H22N4O4/c1-10-8-11(21(24)25)6-7-12(10)19-16(22)9-15-17(23)20-14-5-3-2-4-13(14)18-15/h6-8,13-15,18H,2-5,9H2,1H3,(H,19,22)(H,20,23)/t13-,14-,15-/m0/s1. The minimum absolute atomic E-state index is 0.0211. The predicted octanol–water partition coefficient (Wildman–Crippen LogP) is 1.63. The van der Waals surface area contributed by atoms with Crippen molar-refractivity contribution < 1.29 is 14.5 Å². The molecule has 3 atom stereocenters. The molecule has 0 radical (unpaired) electrons. The van der Waals surface area contributed by atoms with Gasteiger partial charge in [-0.2, -0.15) is 0 Å². The first-order chi connectivity index (χ1) is 11.9. The zero-order chi connectivity index (χ0) is 18.0. The highest BCUT2D eigenvalue weighted by molar-refractivity contribution is 5.96. The molecule has 2 fully saturated rings. The van der Waals surface area contributed by atoms with Crippen LogP contribution in [0.4, 0.5) is 11.4 Å². The lowest BCUT2D eigenvalue weighted by molar-refractivity contribution is -0.384. The summed E-state index contributed by atoms with van der Waals surface area (Å²) in [5.74, 6) is -0.433. The van der Waals surface area contributed by atoms with Crippen LogP contribution in [0.5, 0.6) is 0 Å². The Labute approximate surface area is 145 Å². The van der Waals surface area contributed by atoms with Crippen LogP contribution in [0.25, 0.3) is 0 Å². The van der Waals surface area contributed by atoms with E-state index in [1.165, 1.54) is 18.2 Å². The Hall–Kier alpha value is -2.48. The van der Waals surface area contributed by atoms with E-state index in [0.29, 0.717) is 11.3 Å². The summed E-state index contributed by atoms with van der Waals surface area (Å²) in [6, 6.07) is 4.12. The molecule has 1 saturated carbocycles. The highest BCUT2D eigenvalue weighted by atomic mass is 16.6. The molecule has 1 aromatic rings. The van der Waals surface area contributed by atoms with E-state index in [1.54, 1.807) is 6.92 Å². The van der Waals surface area contributed by atoms with E-state index in [-0.39, 0.29) is 36.0 Å². The number of nitrogens with zero attached hydrogens (tertiary/aromatic N) is 1. The maximum Gasteiger partial charge on any atom is 0.269 e. The van der Waals surface area contributed by atoms with Crippen molar-refractivity contribution in [2.75, 3.05) is 5.32 Å². The summed E-state index contributed by atoms with van der Waals surface area (Å²) in [6.45, 7) is 1.70. The molecule has 3 rings (SSSR count). The van der Waals surface area contributed by atoms with Gasteiger partial charge < -0.3 is 16.0 Å². The summed E-state index contributed by atoms with van der Waals surface area (Å²) >= 11 is 0. The number of fused-ring (bicyclic) bond motifs is 1. The van der Waals surface area contributed by atoms with Gasteiger partial charge in [-0.3, -0.25) is 19.7 Å². The van der Waals surface area contributed by atoms with E-state index in [0.717, 1.165) is 25.7 Å². The average molecular weight is 346 g/mol. The van der Waals surface area contributed by atoms with Gasteiger partial charge in [-0.05, 0) is 31.4 Å². The number of piperazine rings is 1. The van der Waals surface area contributed by atoms with Crippen LogP contribution in [-0.4, -0.2) is 34.9 Å². The SMILES string of the molecule is Cc1cc([N+](=O)[O-])ccc1NC(=O)C[C@@H]1N[C@H]2CCCC[C@@H]2NC1=O. The van der Waals surface area contributed by atoms with Crippen LogP contribution >= 0.6 is 0 Å². The fourth-order valence-corrected chi connectivity index (χ4v) is 3.56. The normalized spacial score (nSPS) is 25.6. The molecule has 8 nitrogen and oxygen atoms in total. The fourth-order valence-electron chi connectivity index (χ4n) is 3.56. The first-order valence-corrected chi connectivity index (χ1v) is 8.55. The number of benzene rings is 1. The summed E-state index contributed by atoms with van der Waals surface area (Å²) in [5.41, 5.74) is 1.10. The highest BCUT2D eigenvalue weighted by Gasteiger charge is 2.36. The molecule has 134 valence electrons. The molecule has 1 heterocycles. The Kier molecular flexibility index (Phi) is 4.98. The van der Waals surface area contributed by atoms with Gasteiger partial charge in [0.15, 0.2) is 0 Å². The molecule has 1 saturated heterocycles. The molecule has 0 unspecified atom stereocenters. The molecule has 0 aromatic heterocycles. The van der Waals surface area contributed by atoms with Gasteiger partial charge in [0.25, 0.3) is 5.69 Å². The minimum Gasteiger partial charge on any atom is -0.350 e. The lowest BCUT2D eigenvalue weighted by Gasteiger charge is -2.40. The lowest BCUT2D eigenvalue weighted by atomic mass is 9.87. The summed E-state index contributed by atoms with van der Waals surface area (Å²) in [5, 5.41) is 19.8. The van der Waals surface area contributed by atoms with Gasteiger partial charge in [0.05, 0.1) is 17.4 Å². The third-order valence-electron chi connectivity index (χ3n) is 4.91. The van der Waals surface area contributed by atoms with Crippen molar-refractivity contribution in [1.29, 1.82) is 0 Å². The van der Waals surface area contributed by atoms with Gasteiger partial charge in [0, 0.05) is 29.9 Å². The maximum atomic E-state index is 12.3. The quantitative estimate of drug-likeness (QED) is 0.566. The zero-order valence-electron chi connectivity index (χ0n) is 14.1. The van der Waals surface area contributed by atoms with Gasteiger partial charge in [-0.15, -0.1) is 0 Å². The highest BCUT2D eigenvalue weighted by Crippen LogP contribution is 2.23. The van der Waals surface area contributed by atoms with E-state index >= 15 is 0 Å². The van der Waals surface area contributed by atoms with Crippen LogP contribution < -0.4 is 16.0 Å². The van der Waals surface area contributed by atoms with E-state index < -0.39 is 11.0 Å². The molecular weight excluding hydrogens is 324 g/mol. The number of carbonyl (C=O) groups excluding carboxylic acids is 2. The molecule has 1 aromatic carbocycles. The molecule has 2 amide bonds. The van der Waals surface area contributed by atoms with Gasteiger partial charge >= 0.3 is 0 Å². The number of nitro groups is 1. The number of amides is 2. The monoisotopic (exact) mass is 346 g/mol. The molecule has 8 heteroatoms. The van der Waals surface area contributed by atoms with E-state index in [2.05, 4.69) is 16.0 Å². The van der Waals surface area contributed by atoms with Crippen LogP contribution in [-0.2, 0) is 9.59 Å². The van der Waals surface area contributed by atoms with Crippen molar-refractivity contribution >= 4 is 23.2 Å². The topological polar surface area (TPSA) is 113 Å². The summed E-state index contributed by atoms with van der Waals surface area (Å²) in [6.07, 6.45) is 4.26. The number of hydrogen-bond acceptors (Lipinski definition) is 5. The smallest absolute Gasteiger partial charge is 0.269 e. The lowest BCUT2D eigenvalue weighted by Crippen LogP contribution is -2.65. The van der Waals surface area contributed by atoms with E-state index in [1.807, 2.05) is 0 Å². The Morgan fingerprint density at radius 1 is 1.32 bits per heavy atom. The second-order valence-corrected chi connectivity index (χ2v) is 6.73. The Balaban J connectivity index is 1.60. The van der Waals surface area contributed by atoms with Crippen molar-refractivity contribution in [3.05, 3.63) is 33.9 Å². The molecule has 2 aliphatic rings. The Morgan fingerprint density at radius 2 is 2.04 bits per heavy atom. The van der Waals surface area contributed by atoms with Crippen LogP contribution in [0, 0.1) is 17.0 Å². The maximum absolute atomic E-state index is 12.3. The fraction of sp³-hybridized carbons (Fsp3) is 0.529. The number of hydrogen-bond donors (Lipinski definition) is 3. The minimum atomic E-state index is -0.544. The number of carbonyl (C=O) groups is 2. The van der Waals surface area contributed by atoms with Gasteiger partial charge in [0.1, 0.15) is 0 Å². The van der Waals surface area contributed by atoms with Crippen LogP contribution in [0.15, 0.2) is 18.2 Å². The number of nitrogens with one attached hydrogen (secondary N) is 3. The van der Waals surface area contributed by atoms with E-state index in [9.17, 15) is 19.7 Å². The van der Waals surface area contributed by atoms with Gasteiger partial charge in [0.2, 0.25) is 11.8 Å². The molecule has 3 N–H and O–H groups in total. The summed E-state index contributed by atoms with van der Waals surface area (Å²) in [7, 11) is 0. The van der Waals surface area contributed by atoms with Gasteiger partial charge in [-0.1, -0.05) is 12.8 Å². The molecule has 1 aliphatic carbocycles. The largest absolute Gasteiger partial charge is 0.350 e. The predicted molar refractivity (Wildman–Crippen MR) is 92.2 cm³/mol. The first kappa shape index (κ1) is 17.3. The first-order valence-electron chi connectivity index (χ1n) is 8.55. The summed E-state index contributed by atoms with van der Waals surface area (Å²) < 4.78 is 0. The number of nitro benzene ring substituents is 1. The molecule has 25 heavy (non-hydrogen) atoms. The Bertz CT molecular complexity index is 706. The third kappa shape index (κ3) is 3.96. The third-order valence-corrected chi connectivity index (χ3v) is 4.91. The van der Waals surface area contributed by atoms with Crippen molar-refractivity contribution in [3.8, 4) is 0 Å². The zero-order valence-corrected chi connectivity index (χ0v) is 14.1. The molecule has 0 spiro atoms. The molecule has 0 bridgehead atoms. The van der Waals surface area contributed by atoms with Crippen molar-refractivity contribution in [3.63, 3.8) is 0 Å². The second kappa shape index (κ2) is 7.18. The van der Waals surface area contributed by atoms with Crippen molar-refractivity contribution in [2.45, 2.75) is 57.2 Å².